The number of thioether (sulfide) groups is 1. The molecule has 6 nitrogen and oxygen atoms in total. The van der Waals surface area contributed by atoms with Crippen molar-refractivity contribution >= 4 is 39.8 Å². The highest BCUT2D eigenvalue weighted by Gasteiger charge is 2.34. The fourth-order valence-electron chi connectivity index (χ4n) is 4.04. The highest BCUT2D eigenvalue weighted by Crippen LogP contribution is 2.35. The van der Waals surface area contributed by atoms with E-state index in [1.165, 1.54) is 4.90 Å². The normalized spacial score (nSPS) is 14.4. The summed E-state index contributed by atoms with van der Waals surface area (Å²) in [7, 11) is 1.58. The van der Waals surface area contributed by atoms with Crippen molar-refractivity contribution in [3.8, 4) is 17.2 Å². The summed E-state index contributed by atoms with van der Waals surface area (Å²) in [5, 5.41) is 1.75. The lowest BCUT2D eigenvalue weighted by molar-refractivity contribution is -0.123. The maximum atomic E-state index is 13.0. The van der Waals surface area contributed by atoms with E-state index in [4.69, 9.17) is 14.2 Å². The van der Waals surface area contributed by atoms with Gasteiger partial charge < -0.3 is 14.2 Å². The van der Waals surface area contributed by atoms with Gasteiger partial charge in [0.2, 0.25) is 0 Å². The number of imide groups is 1. The van der Waals surface area contributed by atoms with Crippen LogP contribution in [-0.4, -0.2) is 36.3 Å². The molecule has 5 rings (SSSR count). The minimum absolute atomic E-state index is 0.166. The molecule has 0 N–H and O–H groups in total. The van der Waals surface area contributed by atoms with Gasteiger partial charge in [0.1, 0.15) is 19.0 Å². The molecule has 0 saturated carbocycles. The smallest absolute Gasteiger partial charge is 0.293 e. The van der Waals surface area contributed by atoms with Gasteiger partial charge in [0.05, 0.1) is 18.6 Å². The number of fused-ring (bicyclic) bond motifs is 1. The number of carbonyl (C=O) groups excluding carboxylic acids is 2. The summed E-state index contributed by atoms with van der Waals surface area (Å²) in [6, 6.07) is 29.0. The van der Waals surface area contributed by atoms with E-state index < -0.39 is 0 Å². The molecule has 0 radical (unpaired) electrons. The average Bonchev–Trinajstić information content (AvgIpc) is 3.20. The van der Waals surface area contributed by atoms with Crippen molar-refractivity contribution in [1.82, 2.24) is 4.90 Å². The first-order valence-electron chi connectivity index (χ1n) is 11.8. The summed E-state index contributed by atoms with van der Waals surface area (Å²) in [4.78, 5) is 27.2. The maximum Gasteiger partial charge on any atom is 0.293 e. The molecule has 2 amide bonds. The largest absolute Gasteiger partial charge is 0.493 e. The number of rotatable bonds is 9. The standard InChI is InChI=1S/C30H25NO5S/c1-34-26-15-14-22(18-27(26)36-20-21-8-3-2-4-9-21)19-28-29(32)31(30(33)37-28)16-17-35-25-13-7-11-23-10-5-6-12-24(23)25/h2-15,18-19H,16-17,20H2,1H3/b28-19-. The lowest BCUT2D eigenvalue weighted by atomic mass is 10.1. The van der Waals surface area contributed by atoms with Crippen LogP contribution in [0, 0.1) is 0 Å². The molecule has 1 fully saturated rings. The van der Waals surface area contributed by atoms with Gasteiger partial charge in [0.25, 0.3) is 11.1 Å². The molecule has 186 valence electrons. The Kier molecular flexibility index (Phi) is 7.42. The van der Waals surface area contributed by atoms with Crippen molar-refractivity contribution < 1.29 is 23.8 Å². The second kappa shape index (κ2) is 11.2. The van der Waals surface area contributed by atoms with Gasteiger partial charge in [-0.05, 0) is 52.6 Å². The number of benzene rings is 4. The second-order valence-corrected chi connectivity index (χ2v) is 9.34. The Labute approximate surface area is 219 Å². The van der Waals surface area contributed by atoms with Crippen molar-refractivity contribution in [3.63, 3.8) is 0 Å². The third kappa shape index (κ3) is 5.62. The Morgan fingerprint density at radius 1 is 0.811 bits per heavy atom. The molecule has 4 aromatic rings. The molecule has 0 unspecified atom stereocenters. The van der Waals surface area contributed by atoms with Crippen LogP contribution in [0.3, 0.4) is 0 Å². The van der Waals surface area contributed by atoms with E-state index in [9.17, 15) is 9.59 Å². The molecule has 4 aromatic carbocycles. The first kappa shape index (κ1) is 24.5. The monoisotopic (exact) mass is 511 g/mol. The van der Waals surface area contributed by atoms with Crippen molar-refractivity contribution in [2.45, 2.75) is 6.61 Å². The highest BCUT2D eigenvalue weighted by molar-refractivity contribution is 8.18. The van der Waals surface area contributed by atoms with Crippen LogP contribution in [0.1, 0.15) is 11.1 Å². The molecule has 7 heteroatoms. The van der Waals surface area contributed by atoms with Crippen molar-refractivity contribution in [3.05, 3.63) is 107 Å². The van der Waals surface area contributed by atoms with E-state index in [2.05, 4.69) is 0 Å². The minimum Gasteiger partial charge on any atom is -0.493 e. The van der Waals surface area contributed by atoms with Crippen LogP contribution in [0.4, 0.5) is 4.79 Å². The molecule has 0 bridgehead atoms. The molecule has 1 aliphatic rings. The van der Waals surface area contributed by atoms with E-state index in [0.29, 0.717) is 23.0 Å². The Balaban J connectivity index is 1.25. The molecule has 1 saturated heterocycles. The third-order valence-electron chi connectivity index (χ3n) is 5.92. The van der Waals surface area contributed by atoms with E-state index in [-0.39, 0.29) is 24.3 Å². The van der Waals surface area contributed by atoms with Crippen LogP contribution in [0.25, 0.3) is 16.8 Å². The average molecular weight is 512 g/mol. The van der Waals surface area contributed by atoms with E-state index in [1.54, 1.807) is 25.3 Å². The molecule has 1 heterocycles. The van der Waals surface area contributed by atoms with Crippen molar-refractivity contribution in [1.29, 1.82) is 0 Å². The van der Waals surface area contributed by atoms with Gasteiger partial charge in [0, 0.05) is 5.39 Å². The fourth-order valence-corrected chi connectivity index (χ4v) is 4.91. The van der Waals surface area contributed by atoms with Crippen LogP contribution in [0.2, 0.25) is 0 Å². The van der Waals surface area contributed by atoms with Crippen LogP contribution >= 0.6 is 11.8 Å². The first-order valence-corrected chi connectivity index (χ1v) is 12.6. The molecular formula is C30H25NO5S. The zero-order valence-electron chi connectivity index (χ0n) is 20.3. The maximum absolute atomic E-state index is 13.0. The van der Waals surface area contributed by atoms with Crippen LogP contribution in [0.5, 0.6) is 17.2 Å². The number of amides is 2. The van der Waals surface area contributed by atoms with Gasteiger partial charge in [-0.25, -0.2) is 0 Å². The van der Waals surface area contributed by atoms with Crippen LogP contribution < -0.4 is 14.2 Å². The van der Waals surface area contributed by atoms with Gasteiger partial charge in [-0.15, -0.1) is 0 Å². The second-order valence-electron chi connectivity index (χ2n) is 8.34. The van der Waals surface area contributed by atoms with Crippen molar-refractivity contribution in [2.75, 3.05) is 20.3 Å². The zero-order chi connectivity index (χ0) is 25.6. The molecule has 0 aromatic heterocycles. The topological polar surface area (TPSA) is 65.1 Å². The Morgan fingerprint density at radius 3 is 2.43 bits per heavy atom. The third-order valence-corrected chi connectivity index (χ3v) is 6.83. The van der Waals surface area contributed by atoms with Gasteiger partial charge >= 0.3 is 0 Å². The molecule has 1 aliphatic heterocycles. The molecule has 0 spiro atoms. The van der Waals surface area contributed by atoms with Crippen molar-refractivity contribution in [2.24, 2.45) is 0 Å². The summed E-state index contributed by atoms with van der Waals surface area (Å²) in [5.74, 6) is 1.54. The van der Waals surface area contributed by atoms with Crippen LogP contribution in [-0.2, 0) is 11.4 Å². The van der Waals surface area contributed by atoms with E-state index in [0.717, 1.165) is 39.4 Å². The predicted octanol–water partition coefficient (Wildman–Crippen LogP) is 6.54. The lowest BCUT2D eigenvalue weighted by Gasteiger charge is -2.14. The fraction of sp³-hybridized carbons (Fsp3) is 0.133. The number of hydrogen-bond donors (Lipinski definition) is 0. The summed E-state index contributed by atoms with van der Waals surface area (Å²) in [6.07, 6.45) is 1.70. The SMILES string of the molecule is COc1ccc(/C=C2\SC(=O)N(CCOc3cccc4ccccc34)C2=O)cc1OCc1ccccc1. The summed E-state index contributed by atoms with van der Waals surface area (Å²) < 4.78 is 17.3. The molecular weight excluding hydrogens is 486 g/mol. The minimum atomic E-state index is -0.334. The zero-order valence-corrected chi connectivity index (χ0v) is 21.1. The summed E-state index contributed by atoms with van der Waals surface area (Å²) in [5.41, 5.74) is 1.77. The Bertz CT molecular complexity index is 1460. The van der Waals surface area contributed by atoms with Gasteiger partial charge in [0.15, 0.2) is 11.5 Å². The van der Waals surface area contributed by atoms with Gasteiger partial charge in [-0.2, -0.15) is 0 Å². The molecule has 37 heavy (non-hydrogen) atoms. The number of hydrogen-bond acceptors (Lipinski definition) is 6. The number of ether oxygens (including phenoxy) is 3. The van der Waals surface area contributed by atoms with Gasteiger partial charge in [-0.3, -0.25) is 14.5 Å². The van der Waals surface area contributed by atoms with Crippen LogP contribution in [0.15, 0.2) is 95.9 Å². The first-order chi connectivity index (χ1) is 18.1. The number of carbonyl (C=O) groups is 2. The summed E-state index contributed by atoms with van der Waals surface area (Å²) in [6.45, 7) is 0.756. The molecule has 0 aliphatic carbocycles. The predicted molar refractivity (Wildman–Crippen MR) is 146 cm³/mol. The van der Waals surface area contributed by atoms with E-state index >= 15 is 0 Å². The number of methoxy groups -OCH3 is 1. The Hall–Kier alpha value is -4.23. The summed E-state index contributed by atoms with van der Waals surface area (Å²) >= 11 is 0.922. The lowest BCUT2D eigenvalue weighted by Crippen LogP contribution is -2.32. The quantitative estimate of drug-likeness (QED) is 0.238. The number of nitrogens with zero attached hydrogens (tertiary/aromatic N) is 1. The van der Waals surface area contributed by atoms with Gasteiger partial charge in [-0.1, -0.05) is 72.8 Å². The van der Waals surface area contributed by atoms with E-state index in [1.807, 2.05) is 78.9 Å². The highest BCUT2D eigenvalue weighted by atomic mass is 32.2. The Morgan fingerprint density at radius 2 is 1.59 bits per heavy atom. The molecule has 0 atom stereocenters.